The minimum Gasteiger partial charge on any atom is -0.396 e. The molecular formula is C13H14ClFN2O2S2. The van der Waals surface area contributed by atoms with Gasteiger partial charge in [0.2, 0.25) is 10.0 Å². The molecule has 0 aliphatic rings. The first-order chi connectivity index (χ1) is 9.85. The molecule has 0 aliphatic heterocycles. The summed E-state index contributed by atoms with van der Waals surface area (Å²) in [5.41, 5.74) is 6.23. The van der Waals surface area contributed by atoms with Crippen LogP contribution in [0.3, 0.4) is 0 Å². The fourth-order valence-corrected chi connectivity index (χ4v) is 4.38. The summed E-state index contributed by atoms with van der Waals surface area (Å²) >= 11 is 7.27. The number of sulfonamides is 1. The van der Waals surface area contributed by atoms with Crippen molar-refractivity contribution in [2.45, 2.75) is 24.8 Å². The van der Waals surface area contributed by atoms with E-state index in [9.17, 15) is 12.8 Å². The molecule has 0 aliphatic carbocycles. The van der Waals surface area contributed by atoms with Crippen molar-refractivity contribution in [3.05, 3.63) is 44.9 Å². The highest BCUT2D eigenvalue weighted by molar-refractivity contribution is 7.89. The van der Waals surface area contributed by atoms with E-state index in [1.54, 1.807) is 0 Å². The lowest BCUT2D eigenvalue weighted by Crippen LogP contribution is -2.23. The second kappa shape index (κ2) is 6.31. The van der Waals surface area contributed by atoms with Gasteiger partial charge in [0.25, 0.3) is 0 Å². The molecule has 0 unspecified atom stereocenters. The average molecular weight is 349 g/mol. The number of nitrogen functional groups attached to an aromatic ring is 1. The molecule has 0 spiro atoms. The van der Waals surface area contributed by atoms with E-state index in [0.29, 0.717) is 0 Å². The van der Waals surface area contributed by atoms with Crippen molar-refractivity contribution in [3.63, 3.8) is 0 Å². The van der Waals surface area contributed by atoms with Gasteiger partial charge in [-0.15, -0.1) is 11.3 Å². The molecule has 0 fully saturated rings. The van der Waals surface area contributed by atoms with Gasteiger partial charge in [0.15, 0.2) is 0 Å². The molecule has 114 valence electrons. The van der Waals surface area contributed by atoms with Crippen molar-refractivity contribution in [1.82, 2.24) is 4.72 Å². The second-order valence-electron chi connectivity index (χ2n) is 4.35. The van der Waals surface area contributed by atoms with Crippen LogP contribution in [0.2, 0.25) is 5.02 Å². The summed E-state index contributed by atoms with van der Waals surface area (Å²) in [6.45, 7) is 2.16. The summed E-state index contributed by atoms with van der Waals surface area (Å²) in [6, 6.07) is 3.88. The van der Waals surface area contributed by atoms with Gasteiger partial charge in [0, 0.05) is 11.4 Å². The highest BCUT2D eigenvalue weighted by atomic mass is 35.5. The van der Waals surface area contributed by atoms with Crippen LogP contribution in [0, 0.1) is 5.82 Å². The van der Waals surface area contributed by atoms with Gasteiger partial charge in [-0.1, -0.05) is 18.5 Å². The Labute approximate surface area is 131 Å². The molecule has 2 aromatic rings. The first-order valence-electron chi connectivity index (χ1n) is 6.14. The van der Waals surface area contributed by atoms with Gasteiger partial charge in [0.1, 0.15) is 10.7 Å². The van der Waals surface area contributed by atoms with Gasteiger partial charge in [0.05, 0.1) is 10.7 Å². The molecule has 4 nitrogen and oxygen atoms in total. The van der Waals surface area contributed by atoms with Crippen LogP contribution in [-0.4, -0.2) is 8.42 Å². The van der Waals surface area contributed by atoms with Crippen LogP contribution in [0.15, 0.2) is 28.5 Å². The topological polar surface area (TPSA) is 72.2 Å². The molecule has 0 saturated carbocycles. The van der Waals surface area contributed by atoms with Crippen molar-refractivity contribution < 1.29 is 12.8 Å². The monoisotopic (exact) mass is 348 g/mol. The van der Waals surface area contributed by atoms with Gasteiger partial charge in [-0.3, -0.25) is 0 Å². The SMILES string of the molecule is CCc1ccsc1CNS(=O)(=O)c1cc(N)c(F)cc1Cl. The Morgan fingerprint density at radius 3 is 2.81 bits per heavy atom. The number of aryl methyl sites for hydroxylation is 1. The van der Waals surface area contributed by atoms with Gasteiger partial charge in [-0.2, -0.15) is 0 Å². The Kier molecular flexibility index (Phi) is 4.88. The minimum absolute atomic E-state index is 0.163. The van der Waals surface area contributed by atoms with Crippen LogP contribution in [0.1, 0.15) is 17.4 Å². The molecule has 0 atom stereocenters. The predicted molar refractivity (Wildman–Crippen MR) is 83.5 cm³/mol. The number of rotatable bonds is 5. The summed E-state index contributed by atoms with van der Waals surface area (Å²) in [6.07, 6.45) is 0.824. The fraction of sp³-hybridized carbons (Fsp3) is 0.231. The van der Waals surface area contributed by atoms with Crippen molar-refractivity contribution in [2.24, 2.45) is 0 Å². The van der Waals surface area contributed by atoms with E-state index in [0.717, 1.165) is 29.0 Å². The molecule has 0 amide bonds. The third-order valence-electron chi connectivity index (χ3n) is 2.98. The van der Waals surface area contributed by atoms with E-state index in [1.807, 2.05) is 18.4 Å². The van der Waals surface area contributed by atoms with Crippen LogP contribution < -0.4 is 10.5 Å². The Balaban J connectivity index is 2.25. The van der Waals surface area contributed by atoms with E-state index in [4.69, 9.17) is 17.3 Å². The molecule has 1 aromatic heterocycles. The zero-order chi connectivity index (χ0) is 15.6. The number of nitrogens with one attached hydrogen (secondary N) is 1. The van der Waals surface area contributed by atoms with Crippen molar-refractivity contribution >= 4 is 38.6 Å². The van der Waals surface area contributed by atoms with E-state index < -0.39 is 15.8 Å². The number of halogens is 2. The summed E-state index contributed by atoms with van der Waals surface area (Å²) in [4.78, 5) is 0.713. The lowest BCUT2D eigenvalue weighted by molar-refractivity contribution is 0.581. The first-order valence-corrected chi connectivity index (χ1v) is 8.88. The molecule has 1 aromatic carbocycles. The molecule has 1 heterocycles. The maximum absolute atomic E-state index is 13.2. The Hall–Kier alpha value is -1.15. The highest BCUT2D eigenvalue weighted by Crippen LogP contribution is 2.26. The maximum Gasteiger partial charge on any atom is 0.242 e. The molecule has 3 N–H and O–H groups in total. The maximum atomic E-state index is 13.2. The summed E-state index contributed by atoms with van der Waals surface area (Å²) in [7, 11) is -3.85. The molecular weight excluding hydrogens is 335 g/mol. The Morgan fingerprint density at radius 1 is 1.43 bits per heavy atom. The fourth-order valence-electron chi connectivity index (χ4n) is 1.83. The zero-order valence-electron chi connectivity index (χ0n) is 11.2. The lowest BCUT2D eigenvalue weighted by atomic mass is 10.2. The summed E-state index contributed by atoms with van der Waals surface area (Å²) in [5.74, 6) is -0.745. The van der Waals surface area contributed by atoms with Crippen LogP contribution >= 0.6 is 22.9 Å². The van der Waals surface area contributed by atoms with Crippen LogP contribution in [0.25, 0.3) is 0 Å². The van der Waals surface area contributed by atoms with Crippen LogP contribution in [0.4, 0.5) is 10.1 Å². The molecule has 0 saturated heterocycles. The molecule has 0 radical (unpaired) electrons. The van der Waals surface area contributed by atoms with Crippen LogP contribution in [-0.2, 0) is 23.0 Å². The van der Waals surface area contributed by atoms with Crippen molar-refractivity contribution in [1.29, 1.82) is 0 Å². The van der Waals surface area contributed by atoms with Gasteiger partial charge in [-0.25, -0.2) is 17.5 Å². The minimum atomic E-state index is -3.85. The van der Waals surface area contributed by atoms with E-state index in [2.05, 4.69) is 4.72 Å². The lowest BCUT2D eigenvalue weighted by Gasteiger charge is -2.10. The smallest absolute Gasteiger partial charge is 0.242 e. The van der Waals surface area contributed by atoms with Crippen LogP contribution in [0.5, 0.6) is 0 Å². The average Bonchev–Trinajstić information content (AvgIpc) is 2.88. The van der Waals surface area contributed by atoms with Crippen molar-refractivity contribution in [3.8, 4) is 0 Å². The number of benzene rings is 1. The number of thiophene rings is 1. The van der Waals surface area contributed by atoms with E-state index in [1.165, 1.54) is 11.3 Å². The second-order valence-corrected chi connectivity index (χ2v) is 7.49. The van der Waals surface area contributed by atoms with Gasteiger partial charge in [-0.05, 0) is 35.6 Å². The summed E-state index contributed by atoms with van der Waals surface area (Å²) < 4.78 is 40.2. The Morgan fingerprint density at radius 2 is 2.14 bits per heavy atom. The standard InChI is InChI=1S/C13H14ClFN2O2S2/c1-2-8-3-4-20-12(8)7-17-21(18,19)13-6-11(16)10(15)5-9(13)14/h3-6,17H,2,7,16H2,1H3. The molecule has 2 rings (SSSR count). The zero-order valence-corrected chi connectivity index (χ0v) is 13.6. The third kappa shape index (κ3) is 3.55. The molecule has 21 heavy (non-hydrogen) atoms. The number of hydrogen-bond acceptors (Lipinski definition) is 4. The molecule has 0 bridgehead atoms. The molecule has 8 heteroatoms. The van der Waals surface area contributed by atoms with Gasteiger partial charge < -0.3 is 5.73 Å². The Bertz CT molecular complexity index is 760. The third-order valence-corrected chi connectivity index (χ3v) is 5.81. The normalized spacial score (nSPS) is 11.8. The number of nitrogens with two attached hydrogens (primary N) is 1. The summed E-state index contributed by atoms with van der Waals surface area (Å²) in [5, 5.41) is 1.71. The van der Waals surface area contributed by atoms with E-state index >= 15 is 0 Å². The number of anilines is 1. The largest absolute Gasteiger partial charge is 0.396 e. The van der Waals surface area contributed by atoms with Crippen molar-refractivity contribution in [2.75, 3.05) is 5.73 Å². The number of hydrogen-bond donors (Lipinski definition) is 2. The first kappa shape index (κ1) is 16.2. The quantitative estimate of drug-likeness (QED) is 0.815. The predicted octanol–water partition coefficient (Wildman–Crippen LogP) is 3.16. The highest BCUT2D eigenvalue weighted by Gasteiger charge is 2.20. The van der Waals surface area contributed by atoms with E-state index in [-0.39, 0.29) is 22.2 Å². The van der Waals surface area contributed by atoms with Gasteiger partial charge >= 0.3 is 0 Å².